The Morgan fingerprint density at radius 2 is 1.75 bits per heavy atom. The summed E-state index contributed by atoms with van der Waals surface area (Å²) < 4.78 is 1.47. The van der Waals surface area contributed by atoms with Crippen molar-refractivity contribution < 1.29 is 0 Å². The number of aromatic nitrogens is 2. The Balaban J connectivity index is 1.98. The highest BCUT2D eigenvalue weighted by molar-refractivity contribution is 5.40. The Morgan fingerprint density at radius 3 is 2.45 bits per heavy atom. The molecule has 3 rings (SSSR count). The fraction of sp³-hybridized carbons (Fsp3) is 0.333. The molecule has 5 heteroatoms. The van der Waals surface area contributed by atoms with Crippen LogP contribution in [0.2, 0.25) is 0 Å². The molecule has 0 unspecified atom stereocenters. The summed E-state index contributed by atoms with van der Waals surface area (Å²) in [6, 6.07) is 11.2. The second-order valence-electron chi connectivity index (χ2n) is 5.01. The van der Waals surface area contributed by atoms with E-state index >= 15 is 0 Å². The van der Waals surface area contributed by atoms with Gasteiger partial charge in [-0.1, -0.05) is 17.7 Å². The Kier molecular flexibility index (Phi) is 3.52. The molecule has 1 aromatic heterocycles. The van der Waals surface area contributed by atoms with Gasteiger partial charge in [-0.05, 0) is 25.1 Å². The summed E-state index contributed by atoms with van der Waals surface area (Å²) in [4.78, 5) is 14.2. The van der Waals surface area contributed by atoms with E-state index in [0.717, 1.165) is 37.7 Å². The van der Waals surface area contributed by atoms with Crippen molar-refractivity contribution in [2.24, 2.45) is 0 Å². The fourth-order valence-electron chi connectivity index (χ4n) is 2.34. The summed E-state index contributed by atoms with van der Waals surface area (Å²) in [5.41, 5.74) is 1.87. The smallest absolute Gasteiger partial charge is 0.271 e. The molecule has 0 radical (unpaired) electrons. The van der Waals surface area contributed by atoms with E-state index in [9.17, 15) is 4.79 Å². The van der Waals surface area contributed by atoms with E-state index in [0.29, 0.717) is 0 Å². The second kappa shape index (κ2) is 5.46. The number of aryl methyl sites for hydroxylation is 1. The highest BCUT2D eigenvalue weighted by Gasteiger charge is 2.13. The molecule has 1 aliphatic rings. The van der Waals surface area contributed by atoms with Gasteiger partial charge < -0.3 is 10.2 Å². The van der Waals surface area contributed by atoms with Gasteiger partial charge >= 0.3 is 0 Å². The molecule has 0 bridgehead atoms. The van der Waals surface area contributed by atoms with E-state index in [-0.39, 0.29) is 5.56 Å². The maximum atomic E-state index is 12.0. The van der Waals surface area contributed by atoms with Crippen LogP contribution in [0, 0.1) is 6.92 Å². The third kappa shape index (κ3) is 2.58. The molecule has 5 nitrogen and oxygen atoms in total. The zero-order chi connectivity index (χ0) is 13.9. The lowest BCUT2D eigenvalue weighted by Crippen LogP contribution is -2.44. The first kappa shape index (κ1) is 12.9. The lowest BCUT2D eigenvalue weighted by atomic mass is 10.2. The summed E-state index contributed by atoms with van der Waals surface area (Å²) >= 11 is 0. The third-order valence-electron chi connectivity index (χ3n) is 3.51. The van der Waals surface area contributed by atoms with Gasteiger partial charge in [0.15, 0.2) is 0 Å². The minimum atomic E-state index is -0.104. The van der Waals surface area contributed by atoms with Crippen molar-refractivity contribution in [3.63, 3.8) is 0 Å². The standard InChI is InChI=1S/C15H18N4O/c1-12-2-4-13(5-3-12)19-15(20)7-6-14(17-19)18-10-8-16-9-11-18/h2-7,16H,8-11H2,1H3. The molecule has 2 aromatic rings. The largest absolute Gasteiger partial charge is 0.353 e. The number of piperazine rings is 1. The zero-order valence-corrected chi connectivity index (χ0v) is 11.5. The lowest BCUT2D eigenvalue weighted by Gasteiger charge is -2.28. The number of benzene rings is 1. The van der Waals surface area contributed by atoms with Crippen LogP contribution in [0.1, 0.15) is 5.56 Å². The Bertz CT molecular complexity index is 642. The molecule has 2 heterocycles. The first-order chi connectivity index (χ1) is 9.74. The molecule has 0 spiro atoms. The van der Waals surface area contributed by atoms with E-state index < -0.39 is 0 Å². The Labute approximate surface area is 117 Å². The number of nitrogens with zero attached hydrogens (tertiary/aromatic N) is 3. The van der Waals surface area contributed by atoms with Crippen molar-refractivity contribution in [1.82, 2.24) is 15.1 Å². The molecule has 1 N–H and O–H groups in total. The molecular formula is C15H18N4O. The SMILES string of the molecule is Cc1ccc(-n2nc(N3CCNCC3)ccc2=O)cc1. The number of rotatable bonds is 2. The van der Waals surface area contributed by atoms with Crippen molar-refractivity contribution >= 4 is 5.82 Å². The van der Waals surface area contributed by atoms with Gasteiger partial charge in [0.05, 0.1) is 5.69 Å². The van der Waals surface area contributed by atoms with Crippen molar-refractivity contribution in [1.29, 1.82) is 0 Å². The van der Waals surface area contributed by atoms with Gasteiger partial charge in [-0.15, -0.1) is 5.10 Å². The van der Waals surface area contributed by atoms with Gasteiger partial charge in [0, 0.05) is 32.2 Å². The van der Waals surface area contributed by atoms with Crippen LogP contribution < -0.4 is 15.8 Å². The fourth-order valence-corrected chi connectivity index (χ4v) is 2.34. The van der Waals surface area contributed by atoms with Crippen molar-refractivity contribution in [2.45, 2.75) is 6.92 Å². The van der Waals surface area contributed by atoms with Crippen LogP contribution in [0.3, 0.4) is 0 Å². The van der Waals surface area contributed by atoms with Crippen LogP contribution in [0.5, 0.6) is 0 Å². The van der Waals surface area contributed by atoms with Gasteiger partial charge in [0.1, 0.15) is 5.82 Å². The first-order valence-electron chi connectivity index (χ1n) is 6.87. The zero-order valence-electron chi connectivity index (χ0n) is 11.5. The number of hydrogen-bond donors (Lipinski definition) is 1. The van der Waals surface area contributed by atoms with Gasteiger partial charge in [0.2, 0.25) is 0 Å². The summed E-state index contributed by atoms with van der Waals surface area (Å²) in [6.45, 7) is 5.76. The summed E-state index contributed by atoms with van der Waals surface area (Å²) in [5.74, 6) is 0.853. The highest BCUT2D eigenvalue weighted by Crippen LogP contribution is 2.11. The maximum absolute atomic E-state index is 12.0. The number of nitrogens with one attached hydrogen (secondary N) is 1. The first-order valence-corrected chi connectivity index (χ1v) is 6.87. The monoisotopic (exact) mass is 270 g/mol. The minimum Gasteiger partial charge on any atom is -0.353 e. The Hall–Kier alpha value is -2.14. The van der Waals surface area contributed by atoms with Crippen molar-refractivity contribution in [3.05, 3.63) is 52.3 Å². The molecule has 0 saturated carbocycles. The van der Waals surface area contributed by atoms with Crippen LogP contribution in [0.4, 0.5) is 5.82 Å². The van der Waals surface area contributed by atoms with Gasteiger partial charge in [-0.25, -0.2) is 0 Å². The molecule has 1 aromatic carbocycles. The van der Waals surface area contributed by atoms with Crippen molar-refractivity contribution in [2.75, 3.05) is 31.1 Å². The Morgan fingerprint density at radius 1 is 1.05 bits per heavy atom. The minimum absolute atomic E-state index is 0.104. The second-order valence-corrected chi connectivity index (χ2v) is 5.01. The lowest BCUT2D eigenvalue weighted by molar-refractivity contribution is 0.579. The van der Waals surface area contributed by atoms with Crippen LogP contribution in [0.15, 0.2) is 41.2 Å². The topological polar surface area (TPSA) is 50.2 Å². The predicted molar refractivity (Wildman–Crippen MR) is 79.7 cm³/mol. The van der Waals surface area contributed by atoms with Crippen molar-refractivity contribution in [3.8, 4) is 5.69 Å². The third-order valence-corrected chi connectivity index (χ3v) is 3.51. The van der Waals surface area contributed by atoms with E-state index in [4.69, 9.17) is 0 Å². The quantitative estimate of drug-likeness (QED) is 0.883. The number of hydrogen-bond acceptors (Lipinski definition) is 4. The van der Waals surface area contributed by atoms with Crippen LogP contribution >= 0.6 is 0 Å². The van der Waals surface area contributed by atoms with Gasteiger partial charge in [0.25, 0.3) is 5.56 Å². The molecule has 1 saturated heterocycles. The molecule has 0 amide bonds. The predicted octanol–water partition coefficient (Wildman–Crippen LogP) is 0.951. The molecular weight excluding hydrogens is 252 g/mol. The normalized spacial score (nSPS) is 15.3. The summed E-state index contributed by atoms with van der Waals surface area (Å²) in [7, 11) is 0. The molecule has 0 atom stereocenters. The van der Waals surface area contributed by atoms with Crippen LogP contribution in [-0.2, 0) is 0 Å². The average molecular weight is 270 g/mol. The molecule has 0 aliphatic carbocycles. The summed E-state index contributed by atoms with van der Waals surface area (Å²) in [6.07, 6.45) is 0. The average Bonchev–Trinajstić information content (AvgIpc) is 2.50. The van der Waals surface area contributed by atoms with E-state index in [1.807, 2.05) is 31.2 Å². The van der Waals surface area contributed by atoms with E-state index in [2.05, 4.69) is 15.3 Å². The molecule has 20 heavy (non-hydrogen) atoms. The van der Waals surface area contributed by atoms with E-state index in [1.54, 1.807) is 12.1 Å². The maximum Gasteiger partial charge on any atom is 0.271 e. The van der Waals surface area contributed by atoms with E-state index in [1.165, 1.54) is 10.2 Å². The molecule has 1 fully saturated rings. The molecule has 104 valence electrons. The molecule has 1 aliphatic heterocycles. The van der Waals surface area contributed by atoms with Gasteiger partial charge in [-0.3, -0.25) is 4.79 Å². The van der Waals surface area contributed by atoms with Crippen LogP contribution in [-0.4, -0.2) is 36.0 Å². The summed E-state index contributed by atoms with van der Waals surface area (Å²) in [5, 5.41) is 7.81. The van der Waals surface area contributed by atoms with Gasteiger partial charge in [-0.2, -0.15) is 4.68 Å². The van der Waals surface area contributed by atoms with Crippen LogP contribution in [0.25, 0.3) is 5.69 Å². The highest BCUT2D eigenvalue weighted by atomic mass is 16.1. The number of anilines is 1.